The summed E-state index contributed by atoms with van der Waals surface area (Å²) in [7, 11) is 0. The van der Waals surface area contributed by atoms with Gasteiger partial charge in [0.1, 0.15) is 11.6 Å². The molecule has 1 fully saturated rings. The molecule has 0 heterocycles. The third kappa shape index (κ3) is 3.05. The van der Waals surface area contributed by atoms with Crippen LogP contribution >= 0.6 is 0 Å². The zero-order chi connectivity index (χ0) is 14.0. The molecule has 1 aromatic carbocycles. The van der Waals surface area contributed by atoms with Gasteiger partial charge in [0.2, 0.25) is 0 Å². The lowest BCUT2D eigenvalue weighted by atomic mass is 9.70. The molecule has 1 nitrogen and oxygen atoms in total. The van der Waals surface area contributed by atoms with E-state index in [1.807, 2.05) is 13.8 Å². The number of hydrogen-bond acceptors (Lipinski definition) is 1. The molecule has 2 heteroatoms. The number of Topliss-reactive ketones (excluding diaryl/α,β-unsaturated/α-hetero) is 1. The van der Waals surface area contributed by atoms with E-state index in [1.165, 1.54) is 12.1 Å². The molecule has 0 amide bonds. The Hall–Kier alpha value is -1.18. The summed E-state index contributed by atoms with van der Waals surface area (Å²) < 4.78 is 13.0. The number of rotatable bonds is 3. The largest absolute Gasteiger partial charge is 0.298 e. The van der Waals surface area contributed by atoms with Gasteiger partial charge in [-0.1, -0.05) is 31.9 Å². The Balaban J connectivity index is 2.14. The summed E-state index contributed by atoms with van der Waals surface area (Å²) in [5.41, 5.74) is 0.399. The number of hydrogen-bond donors (Lipinski definition) is 0. The molecular formula is C17H23FO. The molecule has 1 aromatic rings. The summed E-state index contributed by atoms with van der Waals surface area (Å²) in [6.45, 7) is 6.17. The van der Waals surface area contributed by atoms with Crippen molar-refractivity contribution in [2.45, 2.75) is 51.9 Å². The fraction of sp³-hybridized carbons (Fsp3) is 0.588. The second-order valence-corrected chi connectivity index (χ2v) is 6.45. The van der Waals surface area contributed by atoms with Crippen LogP contribution in [-0.2, 0) is 10.2 Å². The van der Waals surface area contributed by atoms with E-state index >= 15 is 0 Å². The maximum absolute atomic E-state index is 13.0. The summed E-state index contributed by atoms with van der Waals surface area (Å²) in [4.78, 5) is 12.7. The number of halogens is 1. The van der Waals surface area contributed by atoms with Crippen LogP contribution in [0.5, 0.6) is 0 Å². The van der Waals surface area contributed by atoms with Crippen LogP contribution in [0.4, 0.5) is 4.39 Å². The van der Waals surface area contributed by atoms with Crippen LogP contribution in [0.3, 0.4) is 0 Å². The molecule has 1 aliphatic carbocycles. The van der Waals surface area contributed by atoms with Gasteiger partial charge >= 0.3 is 0 Å². The van der Waals surface area contributed by atoms with Crippen molar-refractivity contribution in [2.75, 3.05) is 0 Å². The SMILES string of the molecule is CC1CCC(C(=O)C(C)(C)c2ccc(F)cc2)CC1. The summed E-state index contributed by atoms with van der Waals surface area (Å²) in [5.74, 6) is 0.985. The molecule has 0 radical (unpaired) electrons. The number of benzene rings is 1. The smallest absolute Gasteiger partial charge is 0.145 e. The van der Waals surface area contributed by atoms with E-state index in [0.29, 0.717) is 5.78 Å². The summed E-state index contributed by atoms with van der Waals surface area (Å²) in [6.07, 6.45) is 4.31. The van der Waals surface area contributed by atoms with Gasteiger partial charge in [0, 0.05) is 11.3 Å². The predicted molar refractivity (Wildman–Crippen MR) is 75.6 cm³/mol. The second-order valence-electron chi connectivity index (χ2n) is 6.45. The lowest BCUT2D eigenvalue weighted by Crippen LogP contribution is -2.36. The minimum Gasteiger partial charge on any atom is -0.298 e. The highest BCUT2D eigenvalue weighted by molar-refractivity contribution is 5.91. The van der Waals surface area contributed by atoms with Gasteiger partial charge in [-0.3, -0.25) is 4.79 Å². The topological polar surface area (TPSA) is 17.1 Å². The van der Waals surface area contributed by atoms with E-state index in [-0.39, 0.29) is 11.7 Å². The molecule has 1 aliphatic rings. The van der Waals surface area contributed by atoms with Crippen molar-refractivity contribution in [3.8, 4) is 0 Å². The summed E-state index contributed by atoms with van der Waals surface area (Å²) in [6, 6.07) is 6.35. The van der Waals surface area contributed by atoms with Gasteiger partial charge in [-0.15, -0.1) is 0 Å². The first-order chi connectivity index (χ1) is 8.91. The molecule has 0 aliphatic heterocycles. The second kappa shape index (κ2) is 5.44. The zero-order valence-electron chi connectivity index (χ0n) is 12.1. The quantitative estimate of drug-likeness (QED) is 0.784. The van der Waals surface area contributed by atoms with Gasteiger partial charge in [0.25, 0.3) is 0 Å². The van der Waals surface area contributed by atoms with Crippen LogP contribution in [0, 0.1) is 17.7 Å². The first-order valence-corrected chi connectivity index (χ1v) is 7.21. The van der Waals surface area contributed by atoms with Gasteiger partial charge < -0.3 is 0 Å². The van der Waals surface area contributed by atoms with Crippen molar-refractivity contribution in [3.05, 3.63) is 35.6 Å². The highest BCUT2D eigenvalue weighted by Gasteiger charge is 2.36. The van der Waals surface area contributed by atoms with Crippen LogP contribution in [0.15, 0.2) is 24.3 Å². The molecule has 0 spiro atoms. The van der Waals surface area contributed by atoms with E-state index in [9.17, 15) is 9.18 Å². The molecule has 104 valence electrons. The predicted octanol–water partition coefficient (Wildman–Crippen LogP) is 4.50. The Bertz CT molecular complexity index is 439. The van der Waals surface area contributed by atoms with E-state index in [4.69, 9.17) is 0 Å². The molecule has 0 saturated heterocycles. The van der Waals surface area contributed by atoms with Crippen molar-refractivity contribution in [3.63, 3.8) is 0 Å². The maximum Gasteiger partial charge on any atom is 0.145 e. The Kier molecular flexibility index (Phi) is 4.07. The Morgan fingerprint density at radius 1 is 1.11 bits per heavy atom. The molecule has 1 saturated carbocycles. The lowest BCUT2D eigenvalue weighted by Gasteiger charge is -2.32. The third-order valence-corrected chi connectivity index (χ3v) is 4.57. The van der Waals surface area contributed by atoms with Crippen molar-refractivity contribution < 1.29 is 9.18 Å². The number of carbonyl (C=O) groups excluding carboxylic acids is 1. The van der Waals surface area contributed by atoms with Crippen molar-refractivity contribution >= 4 is 5.78 Å². The average molecular weight is 262 g/mol. The third-order valence-electron chi connectivity index (χ3n) is 4.57. The van der Waals surface area contributed by atoms with Crippen molar-refractivity contribution in [1.82, 2.24) is 0 Å². The fourth-order valence-corrected chi connectivity index (χ4v) is 3.04. The lowest BCUT2D eigenvalue weighted by molar-refractivity contribution is -0.128. The standard InChI is InChI=1S/C17H23FO/c1-12-4-6-13(7-5-12)16(19)17(2,3)14-8-10-15(18)11-9-14/h8-13H,4-7H2,1-3H3. The average Bonchev–Trinajstić information content (AvgIpc) is 2.39. The first kappa shape index (κ1) is 14.2. The first-order valence-electron chi connectivity index (χ1n) is 7.21. The highest BCUT2D eigenvalue weighted by atomic mass is 19.1. The van der Waals surface area contributed by atoms with E-state index in [1.54, 1.807) is 12.1 Å². The zero-order valence-corrected chi connectivity index (χ0v) is 12.1. The molecule has 0 N–H and O–H groups in total. The van der Waals surface area contributed by atoms with E-state index in [2.05, 4.69) is 6.92 Å². The number of ketones is 1. The van der Waals surface area contributed by atoms with E-state index < -0.39 is 5.41 Å². The van der Waals surface area contributed by atoms with Crippen LogP contribution in [0.2, 0.25) is 0 Å². The minimum atomic E-state index is -0.515. The Labute approximate surface area is 115 Å². The van der Waals surface area contributed by atoms with Gasteiger partial charge in [-0.05, 0) is 50.3 Å². The molecule has 19 heavy (non-hydrogen) atoms. The molecule has 2 rings (SSSR count). The van der Waals surface area contributed by atoms with Gasteiger partial charge in [-0.2, -0.15) is 0 Å². The maximum atomic E-state index is 13.0. The van der Waals surface area contributed by atoms with Gasteiger partial charge in [0.15, 0.2) is 0 Å². The van der Waals surface area contributed by atoms with Crippen LogP contribution in [-0.4, -0.2) is 5.78 Å². The molecule has 0 bridgehead atoms. The summed E-state index contributed by atoms with van der Waals surface area (Å²) >= 11 is 0. The summed E-state index contributed by atoms with van der Waals surface area (Å²) in [5, 5.41) is 0. The van der Waals surface area contributed by atoms with Gasteiger partial charge in [0.05, 0.1) is 0 Å². The van der Waals surface area contributed by atoms with Crippen molar-refractivity contribution in [2.24, 2.45) is 11.8 Å². The normalized spacial score (nSPS) is 24.2. The molecule has 0 atom stereocenters. The molecule has 0 aromatic heterocycles. The highest BCUT2D eigenvalue weighted by Crippen LogP contribution is 2.35. The Morgan fingerprint density at radius 3 is 2.16 bits per heavy atom. The monoisotopic (exact) mass is 262 g/mol. The Morgan fingerprint density at radius 2 is 1.63 bits per heavy atom. The van der Waals surface area contributed by atoms with E-state index in [0.717, 1.165) is 37.2 Å². The van der Waals surface area contributed by atoms with Gasteiger partial charge in [-0.25, -0.2) is 4.39 Å². The minimum absolute atomic E-state index is 0.177. The fourth-order valence-electron chi connectivity index (χ4n) is 3.04. The number of carbonyl (C=O) groups is 1. The van der Waals surface area contributed by atoms with Crippen molar-refractivity contribution in [1.29, 1.82) is 0 Å². The van der Waals surface area contributed by atoms with Crippen LogP contribution < -0.4 is 0 Å². The molecular weight excluding hydrogens is 239 g/mol. The van der Waals surface area contributed by atoms with Crippen LogP contribution in [0.1, 0.15) is 52.0 Å². The van der Waals surface area contributed by atoms with Crippen LogP contribution in [0.25, 0.3) is 0 Å². The molecule has 0 unspecified atom stereocenters.